The minimum atomic E-state index is -0.464. The molecule has 0 amide bonds. The van der Waals surface area contributed by atoms with Crippen LogP contribution in [0.1, 0.15) is 38.8 Å². The summed E-state index contributed by atoms with van der Waals surface area (Å²) in [7, 11) is -0.464. The molecule has 6 heteroatoms. The molecule has 0 atom stereocenters. The predicted octanol–water partition coefficient (Wildman–Crippen LogP) is 2.29. The lowest BCUT2D eigenvalue weighted by Crippen LogP contribution is -2.41. The minimum absolute atomic E-state index is 0.336. The Morgan fingerprint density at radius 3 is 2.23 bits per heavy atom. The van der Waals surface area contributed by atoms with Crippen LogP contribution in [0.3, 0.4) is 0 Å². The molecule has 1 aliphatic heterocycles. The second-order valence-electron chi connectivity index (χ2n) is 6.46. The number of hydrogen-bond acceptors (Lipinski definition) is 4. The molecule has 1 fully saturated rings. The van der Waals surface area contributed by atoms with Gasteiger partial charge in [0.05, 0.1) is 11.2 Å². The molecule has 1 aromatic carbocycles. The van der Waals surface area contributed by atoms with Crippen molar-refractivity contribution in [3.05, 3.63) is 40.9 Å². The maximum atomic E-state index is 6.06. The SMILES string of the molecule is CC1(C)OB(C(=Cc2ccccc2C(N)=S)CN)OC1(C)C. The monoisotopic (exact) mass is 318 g/mol. The van der Waals surface area contributed by atoms with Gasteiger partial charge in [-0.15, -0.1) is 0 Å². The van der Waals surface area contributed by atoms with E-state index in [4.69, 9.17) is 33.0 Å². The van der Waals surface area contributed by atoms with Crippen molar-refractivity contribution >= 4 is 30.4 Å². The van der Waals surface area contributed by atoms with Crippen LogP contribution in [0.4, 0.5) is 0 Å². The second-order valence-corrected chi connectivity index (χ2v) is 6.90. The van der Waals surface area contributed by atoms with Gasteiger partial charge in [0.25, 0.3) is 0 Å². The fourth-order valence-electron chi connectivity index (χ4n) is 2.26. The molecule has 1 heterocycles. The highest BCUT2D eigenvalue weighted by Crippen LogP contribution is 2.38. The van der Waals surface area contributed by atoms with E-state index in [2.05, 4.69) is 0 Å². The predicted molar refractivity (Wildman–Crippen MR) is 95.4 cm³/mol. The van der Waals surface area contributed by atoms with E-state index in [0.717, 1.165) is 16.6 Å². The maximum Gasteiger partial charge on any atom is 0.491 e. The first-order valence-electron chi connectivity index (χ1n) is 7.33. The molecule has 4 nitrogen and oxygen atoms in total. The van der Waals surface area contributed by atoms with Gasteiger partial charge in [-0.25, -0.2) is 0 Å². The molecule has 4 N–H and O–H groups in total. The Morgan fingerprint density at radius 1 is 1.18 bits per heavy atom. The van der Waals surface area contributed by atoms with E-state index in [1.165, 1.54) is 0 Å². The van der Waals surface area contributed by atoms with Crippen molar-refractivity contribution in [1.82, 2.24) is 0 Å². The van der Waals surface area contributed by atoms with Gasteiger partial charge in [-0.1, -0.05) is 42.6 Å². The molecule has 0 aromatic heterocycles. The average Bonchev–Trinajstić information content (AvgIpc) is 2.64. The highest BCUT2D eigenvalue weighted by Gasteiger charge is 2.52. The summed E-state index contributed by atoms with van der Waals surface area (Å²) in [6.07, 6.45) is 1.95. The van der Waals surface area contributed by atoms with Crippen LogP contribution in [-0.2, 0) is 9.31 Å². The van der Waals surface area contributed by atoms with Gasteiger partial charge in [0, 0.05) is 12.1 Å². The number of thiocarbonyl (C=S) groups is 1. The van der Waals surface area contributed by atoms with Crippen LogP contribution >= 0.6 is 12.2 Å². The smallest absolute Gasteiger partial charge is 0.400 e. The third-order valence-electron chi connectivity index (χ3n) is 4.36. The average molecular weight is 318 g/mol. The molecule has 0 saturated carbocycles. The number of hydrogen-bond donors (Lipinski definition) is 2. The molecular formula is C16H23BN2O2S. The normalized spacial score (nSPS) is 20.2. The van der Waals surface area contributed by atoms with Crippen molar-refractivity contribution in [2.75, 3.05) is 6.54 Å². The molecule has 118 valence electrons. The lowest BCUT2D eigenvalue weighted by Gasteiger charge is -2.32. The van der Waals surface area contributed by atoms with Crippen LogP contribution in [0, 0.1) is 0 Å². The van der Waals surface area contributed by atoms with E-state index in [1.54, 1.807) is 0 Å². The number of nitrogens with two attached hydrogens (primary N) is 2. The first kappa shape index (κ1) is 17.2. The van der Waals surface area contributed by atoms with E-state index in [9.17, 15) is 0 Å². The summed E-state index contributed by atoms with van der Waals surface area (Å²) in [6.45, 7) is 8.41. The van der Waals surface area contributed by atoms with E-state index in [1.807, 2.05) is 58.0 Å². The van der Waals surface area contributed by atoms with E-state index < -0.39 is 18.3 Å². The van der Waals surface area contributed by atoms with Crippen molar-refractivity contribution in [1.29, 1.82) is 0 Å². The highest BCUT2D eigenvalue weighted by molar-refractivity contribution is 7.80. The molecular weight excluding hydrogens is 295 g/mol. The molecule has 1 aromatic rings. The van der Waals surface area contributed by atoms with Gasteiger partial charge in [-0.05, 0) is 38.7 Å². The van der Waals surface area contributed by atoms with Crippen molar-refractivity contribution in [2.45, 2.75) is 38.9 Å². The first-order valence-corrected chi connectivity index (χ1v) is 7.74. The minimum Gasteiger partial charge on any atom is -0.400 e. The van der Waals surface area contributed by atoms with Crippen molar-refractivity contribution < 1.29 is 9.31 Å². The van der Waals surface area contributed by atoms with Gasteiger partial charge in [-0.2, -0.15) is 0 Å². The Hall–Kier alpha value is -1.21. The molecule has 0 unspecified atom stereocenters. The van der Waals surface area contributed by atoms with Crippen LogP contribution < -0.4 is 11.5 Å². The van der Waals surface area contributed by atoms with Crippen LogP contribution in [0.2, 0.25) is 0 Å². The van der Waals surface area contributed by atoms with E-state index in [0.29, 0.717) is 11.5 Å². The standard InChI is InChI=1S/C16H23BN2O2S/c1-15(2)16(3,4)21-17(20-15)12(10-18)9-11-7-5-6-8-13(11)14(19)22/h5-9H,10,18H2,1-4H3,(H2,19,22). The Bertz CT molecular complexity index is 598. The van der Waals surface area contributed by atoms with E-state index in [-0.39, 0.29) is 0 Å². The molecule has 22 heavy (non-hydrogen) atoms. The number of rotatable bonds is 4. The lowest BCUT2D eigenvalue weighted by atomic mass is 9.77. The molecule has 2 rings (SSSR count). The van der Waals surface area contributed by atoms with Crippen LogP contribution in [0.25, 0.3) is 6.08 Å². The molecule has 0 radical (unpaired) electrons. The fourth-order valence-corrected chi connectivity index (χ4v) is 2.45. The summed E-state index contributed by atoms with van der Waals surface area (Å²) >= 11 is 5.10. The van der Waals surface area contributed by atoms with Crippen molar-refractivity contribution in [3.63, 3.8) is 0 Å². The third-order valence-corrected chi connectivity index (χ3v) is 4.58. The van der Waals surface area contributed by atoms with Crippen LogP contribution in [0.15, 0.2) is 29.7 Å². The molecule has 1 saturated heterocycles. The van der Waals surface area contributed by atoms with Gasteiger partial charge in [-0.3, -0.25) is 0 Å². The summed E-state index contributed by atoms with van der Waals surface area (Å²) in [5, 5.41) is 0. The van der Waals surface area contributed by atoms with Gasteiger partial charge in [0.1, 0.15) is 4.99 Å². The maximum absolute atomic E-state index is 6.06. The fraction of sp³-hybridized carbons (Fsp3) is 0.438. The van der Waals surface area contributed by atoms with E-state index >= 15 is 0 Å². The number of benzene rings is 1. The van der Waals surface area contributed by atoms with Gasteiger partial charge >= 0.3 is 7.12 Å². The molecule has 1 aliphatic rings. The van der Waals surface area contributed by atoms with Gasteiger partial charge in [0.15, 0.2) is 0 Å². The van der Waals surface area contributed by atoms with Crippen molar-refractivity contribution in [2.24, 2.45) is 11.5 Å². The zero-order chi connectivity index (χ0) is 16.5. The summed E-state index contributed by atoms with van der Waals surface area (Å²) in [5.41, 5.74) is 13.5. The van der Waals surface area contributed by atoms with Crippen molar-refractivity contribution in [3.8, 4) is 0 Å². The van der Waals surface area contributed by atoms with Crippen LogP contribution in [0.5, 0.6) is 0 Å². The first-order chi connectivity index (χ1) is 10.2. The third kappa shape index (κ3) is 3.25. The summed E-state index contributed by atoms with van der Waals surface area (Å²) < 4.78 is 12.1. The summed E-state index contributed by atoms with van der Waals surface area (Å²) in [4.78, 5) is 0.358. The summed E-state index contributed by atoms with van der Waals surface area (Å²) in [5.74, 6) is 0. The Balaban J connectivity index is 2.36. The molecule has 0 spiro atoms. The second kappa shape index (κ2) is 6.12. The van der Waals surface area contributed by atoms with Gasteiger partial charge < -0.3 is 20.8 Å². The van der Waals surface area contributed by atoms with Crippen LogP contribution in [-0.4, -0.2) is 29.9 Å². The zero-order valence-corrected chi connectivity index (χ0v) is 14.4. The molecule has 0 bridgehead atoms. The molecule has 0 aliphatic carbocycles. The topological polar surface area (TPSA) is 70.5 Å². The Labute approximate surface area is 138 Å². The zero-order valence-electron chi connectivity index (χ0n) is 13.6. The summed E-state index contributed by atoms with van der Waals surface area (Å²) in [6, 6.07) is 7.69. The highest BCUT2D eigenvalue weighted by atomic mass is 32.1. The quantitative estimate of drug-likeness (QED) is 0.658. The van der Waals surface area contributed by atoms with Gasteiger partial charge in [0.2, 0.25) is 0 Å². The Morgan fingerprint density at radius 2 is 1.73 bits per heavy atom. The largest absolute Gasteiger partial charge is 0.491 e. The Kier molecular flexibility index (Phi) is 4.77. The lowest BCUT2D eigenvalue weighted by molar-refractivity contribution is 0.00578.